The van der Waals surface area contributed by atoms with E-state index in [9.17, 15) is 9.18 Å². The maximum Gasteiger partial charge on any atom is 0.224 e. The first kappa shape index (κ1) is 15.8. The Balaban J connectivity index is 1.98. The third kappa shape index (κ3) is 4.22. The zero-order chi connectivity index (χ0) is 15.9. The lowest BCUT2D eigenvalue weighted by Gasteiger charge is -2.10. The van der Waals surface area contributed by atoms with Crippen molar-refractivity contribution in [2.45, 2.75) is 13.0 Å². The molecule has 2 aromatic carbocycles. The van der Waals surface area contributed by atoms with Gasteiger partial charge < -0.3 is 14.8 Å². The van der Waals surface area contributed by atoms with Gasteiger partial charge in [0.15, 0.2) is 0 Å². The molecule has 0 atom stereocenters. The van der Waals surface area contributed by atoms with Gasteiger partial charge in [-0.25, -0.2) is 4.39 Å². The summed E-state index contributed by atoms with van der Waals surface area (Å²) in [5, 5.41) is 2.76. The van der Waals surface area contributed by atoms with Crippen LogP contribution in [-0.4, -0.2) is 20.1 Å². The van der Waals surface area contributed by atoms with E-state index in [1.165, 1.54) is 6.07 Å². The first-order valence-corrected chi connectivity index (χ1v) is 6.84. The largest absolute Gasteiger partial charge is 0.497 e. The van der Waals surface area contributed by atoms with Crippen molar-refractivity contribution in [2.24, 2.45) is 0 Å². The molecule has 1 amide bonds. The molecule has 0 aliphatic heterocycles. The minimum absolute atomic E-state index is 0.00772. The van der Waals surface area contributed by atoms with Crippen LogP contribution in [0, 0.1) is 5.82 Å². The van der Waals surface area contributed by atoms with Crippen molar-refractivity contribution in [3.05, 3.63) is 59.4 Å². The van der Waals surface area contributed by atoms with Crippen LogP contribution < -0.4 is 14.8 Å². The van der Waals surface area contributed by atoms with Gasteiger partial charge in [0, 0.05) is 12.6 Å². The zero-order valence-corrected chi connectivity index (χ0v) is 12.6. The molecule has 5 heteroatoms. The summed E-state index contributed by atoms with van der Waals surface area (Å²) in [4.78, 5) is 11.9. The summed E-state index contributed by atoms with van der Waals surface area (Å²) in [7, 11) is 3.13. The summed E-state index contributed by atoms with van der Waals surface area (Å²) in [5.41, 5.74) is 1.22. The Morgan fingerprint density at radius 3 is 2.32 bits per heavy atom. The van der Waals surface area contributed by atoms with E-state index in [-0.39, 0.29) is 18.1 Å². The van der Waals surface area contributed by atoms with E-state index in [0.717, 1.165) is 5.56 Å². The SMILES string of the molecule is COc1cc(CNC(=O)Cc2ccccc2F)cc(OC)c1. The Kier molecular flexibility index (Phi) is 5.36. The van der Waals surface area contributed by atoms with Crippen LogP contribution in [0.1, 0.15) is 11.1 Å². The first-order chi connectivity index (χ1) is 10.6. The molecule has 0 spiro atoms. The van der Waals surface area contributed by atoms with Gasteiger partial charge in [-0.05, 0) is 29.3 Å². The molecule has 1 N–H and O–H groups in total. The topological polar surface area (TPSA) is 47.6 Å². The van der Waals surface area contributed by atoms with Crippen molar-refractivity contribution >= 4 is 5.91 Å². The van der Waals surface area contributed by atoms with Crippen molar-refractivity contribution < 1.29 is 18.7 Å². The van der Waals surface area contributed by atoms with Gasteiger partial charge >= 0.3 is 0 Å². The number of nitrogens with one attached hydrogen (secondary N) is 1. The van der Waals surface area contributed by atoms with E-state index < -0.39 is 0 Å². The Labute approximate surface area is 128 Å². The van der Waals surface area contributed by atoms with E-state index in [4.69, 9.17) is 9.47 Å². The van der Waals surface area contributed by atoms with Crippen LogP contribution in [0.15, 0.2) is 42.5 Å². The van der Waals surface area contributed by atoms with Gasteiger partial charge in [0.2, 0.25) is 5.91 Å². The molecule has 22 heavy (non-hydrogen) atoms. The van der Waals surface area contributed by atoms with Crippen LogP contribution in [0.25, 0.3) is 0 Å². The highest BCUT2D eigenvalue weighted by atomic mass is 19.1. The number of rotatable bonds is 6. The number of halogens is 1. The molecular formula is C17H18FNO3. The standard InChI is InChI=1S/C17H18FNO3/c1-21-14-7-12(8-15(10-14)22-2)11-19-17(20)9-13-5-3-4-6-16(13)18/h3-8,10H,9,11H2,1-2H3,(H,19,20). The molecule has 0 heterocycles. The Morgan fingerprint density at radius 1 is 1.09 bits per heavy atom. The number of carbonyl (C=O) groups is 1. The number of benzene rings is 2. The van der Waals surface area contributed by atoms with Crippen molar-refractivity contribution in [1.29, 1.82) is 0 Å². The first-order valence-electron chi connectivity index (χ1n) is 6.84. The second kappa shape index (κ2) is 7.45. The number of hydrogen-bond donors (Lipinski definition) is 1. The quantitative estimate of drug-likeness (QED) is 0.892. The number of ether oxygens (including phenoxy) is 2. The Bertz CT molecular complexity index is 636. The molecule has 2 aromatic rings. The normalized spacial score (nSPS) is 10.1. The molecule has 0 unspecified atom stereocenters. The molecule has 0 radical (unpaired) electrons. The summed E-state index contributed by atoms with van der Waals surface area (Å²) in [6.45, 7) is 0.320. The average molecular weight is 303 g/mol. The van der Waals surface area contributed by atoms with E-state index in [0.29, 0.717) is 23.6 Å². The van der Waals surface area contributed by atoms with Crippen molar-refractivity contribution in [2.75, 3.05) is 14.2 Å². The second-order valence-corrected chi connectivity index (χ2v) is 4.77. The highest BCUT2D eigenvalue weighted by molar-refractivity contribution is 5.78. The van der Waals surface area contributed by atoms with E-state index in [1.807, 2.05) is 12.1 Å². The van der Waals surface area contributed by atoms with Gasteiger partial charge in [0.05, 0.1) is 20.6 Å². The van der Waals surface area contributed by atoms with Crippen LogP contribution in [-0.2, 0) is 17.8 Å². The molecule has 0 aliphatic carbocycles. The number of amides is 1. The molecule has 0 aliphatic rings. The van der Waals surface area contributed by atoms with Gasteiger partial charge in [0.1, 0.15) is 17.3 Å². The number of carbonyl (C=O) groups excluding carboxylic acids is 1. The van der Waals surface area contributed by atoms with Crippen molar-refractivity contribution in [3.8, 4) is 11.5 Å². The molecule has 116 valence electrons. The minimum Gasteiger partial charge on any atom is -0.497 e. The monoisotopic (exact) mass is 303 g/mol. The van der Waals surface area contributed by atoms with Crippen molar-refractivity contribution in [1.82, 2.24) is 5.32 Å². The molecule has 4 nitrogen and oxygen atoms in total. The highest BCUT2D eigenvalue weighted by Crippen LogP contribution is 2.22. The van der Waals surface area contributed by atoms with Gasteiger partial charge in [0.25, 0.3) is 0 Å². The lowest BCUT2D eigenvalue weighted by molar-refractivity contribution is -0.120. The molecule has 0 saturated heterocycles. The van der Waals surface area contributed by atoms with Crippen molar-refractivity contribution in [3.63, 3.8) is 0 Å². The smallest absolute Gasteiger partial charge is 0.224 e. The van der Waals surface area contributed by atoms with Crippen LogP contribution >= 0.6 is 0 Å². The second-order valence-electron chi connectivity index (χ2n) is 4.77. The van der Waals surface area contributed by atoms with E-state index in [2.05, 4.69) is 5.32 Å². The Hall–Kier alpha value is -2.56. The molecule has 2 rings (SSSR count). The lowest BCUT2D eigenvalue weighted by Crippen LogP contribution is -2.25. The lowest BCUT2D eigenvalue weighted by atomic mass is 10.1. The average Bonchev–Trinajstić information content (AvgIpc) is 2.54. The fourth-order valence-corrected chi connectivity index (χ4v) is 2.05. The van der Waals surface area contributed by atoms with E-state index >= 15 is 0 Å². The molecule has 0 saturated carbocycles. The summed E-state index contributed by atoms with van der Waals surface area (Å²) < 4.78 is 23.8. The highest BCUT2D eigenvalue weighted by Gasteiger charge is 2.08. The zero-order valence-electron chi connectivity index (χ0n) is 12.6. The Morgan fingerprint density at radius 2 is 1.73 bits per heavy atom. The summed E-state index contributed by atoms with van der Waals surface area (Å²) in [5.74, 6) is 0.683. The fraction of sp³-hybridized carbons (Fsp3) is 0.235. The van der Waals surface area contributed by atoms with Crippen LogP contribution in [0.3, 0.4) is 0 Å². The molecular weight excluding hydrogens is 285 g/mol. The number of hydrogen-bond acceptors (Lipinski definition) is 3. The third-order valence-electron chi connectivity index (χ3n) is 3.21. The summed E-state index contributed by atoms with van der Waals surface area (Å²) in [6.07, 6.45) is 0.00772. The summed E-state index contributed by atoms with van der Waals surface area (Å²) >= 11 is 0. The molecule has 0 bridgehead atoms. The predicted octanol–water partition coefficient (Wildman–Crippen LogP) is 2.70. The fourth-order valence-electron chi connectivity index (χ4n) is 2.05. The van der Waals surface area contributed by atoms with Gasteiger partial charge in [-0.15, -0.1) is 0 Å². The summed E-state index contributed by atoms with van der Waals surface area (Å²) in [6, 6.07) is 11.6. The maximum absolute atomic E-state index is 13.5. The molecule has 0 fully saturated rings. The van der Waals surface area contributed by atoms with Gasteiger partial charge in [-0.3, -0.25) is 4.79 Å². The van der Waals surface area contributed by atoms with Gasteiger partial charge in [-0.1, -0.05) is 18.2 Å². The third-order valence-corrected chi connectivity index (χ3v) is 3.21. The van der Waals surface area contributed by atoms with E-state index in [1.54, 1.807) is 38.5 Å². The minimum atomic E-state index is -0.374. The van der Waals surface area contributed by atoms with Crippen LogP contribution in [0.5, 0.6) is 11.5 Å². The predicted molar refractivity (Wildman–Crippen MR) is 81.5 cm³/mol. The maximum atomic E-state index is 13.5. The van der Waals surface area contributed by atoms with Gasteiger partial charge in [-0.2, -0.15) is 0 Å². The van der Waals surface area contributed by atoms with Crippen LogP contribution in [0.4, 0.5) is 4.39 Å². The number of methoxy groups -OCH3 is 2. The van der Waals surface area contributed by atoms with Crippen LogP contribution in [0.2, 0.25) is 0 Å². The molecule has 0 aromatic heterocycles.